The molecule has 206 valence electrons. The van der Waals surface area contributed by atoms with E-state index >= 15 is 0 Å². The van der Waals surface area contributed by atoms with E-state index in [0.29, 0.717) is 34.1 Å². The molecule has 0 saturated carbocycles. The van der Waals surface area contributed by atoms with Gasteiger partial charge in [-0.2, -0.15) is 16.8 Å². The number of allylic oxidation sites excluding steroid dienone is 11. The zero-order chi connectivity index (χ0) is 29.2. The maximum Gasteiger partial charge on any atom is 0.298 e. The summed E-state index contributed by atoms with van der Waals surface area (Å²) in [6, 6.07) is 12.5. The van der Waals surface area contributed by atoms with Crippen molar-refractivity contribution in [1.82, 2.24) is 0 Å². The van der Waals surface area contributed by atoms with Crippen LogP contribution in [-0.2, 0) is 20.2 Å². The molecule has 5 heterocycles. The van der Waals surface area contributed by atoms with Crippen molar-refractivity contribution in [2.75, 3.05) is 0 Å². The highest BCUT2D eigenvalue weighted by atomic mass is 32.2. The van der Waals surface area contributed by atoms with Crippen molar-refractivity contribution in [3.63, 3.8) is 0 Å². The fourth-order valence-electron chi connectivity index (χ4n) is 5.11. The largest absolute Gasteiger partial charge is 0.298 e. The Morgan fingerprint density at radius 2 is 1.14 bits per heavy atom. The van der Waals surface area contributed by atoms with Crippen molar-refractivity contribution in [2.45, 2.75) is 0 Å². The van der Waals surface area contributed by atoms with Crippen LogP contribution < -0.4 is 0 Å². The van der Waals surface area contributed by atoms with E-state index in [1.807, 2.05) is 24.3 Å². The second-order valence-corrected chi connectivity index (χ2v) is 12.4. The van der Waals surface area contributed by atoms with E-state index in [1.165, 1.54) is 18.2 Å². The molecule has 5 aliphatic rings. The van der Waals surface area contributed by atoms with Crippen LogP contribution in [0.1, 0.15) is 5.56 Å². The summed E-state index contributed by atoms with van der Waals surface area (Å²) in [5.41, 5.74) is 1.81. The maximum absolute atomic E-state index is 13.0. The summed E-state index contributed by atoms with van der Waals surface area (Å²) in [5, 5.41) is 1.65. The molecule has 2 N–H and O–H groups in total. The molecule has 2 aromatic rings. The average molecular weight is 595 g/mol. The summed E-state index contributed by atoms with van der Waals surface area (Å²) in [7, 11) is -10.3. The van der Waals surface area contributed by atoms with Crippen LogP contribution in [0.25, 0.3) is 16.3 Å². The van der Waals surface area contributed by atoms with Crippen LogP contribution >= 0.6 is 0 Å². The third kappa shape index (κ3) is 4.62. The van der Waals surface area contributed by atoms with Gasteiger partial charge in [-0.25, -0.2) is 20.0 Å². The second-order valence-electron chi connectivity index (χ2n) is 9.67. The number of aliphatic imine (C=N–C) groups is 4. The molecule has 0 amide bonds. The van der Waals surface area contributed by atoms with Gasteiger partial charge < -0.3 is 0 Å². The Labute approximate surface area is 240 Å². The van der Waals surface area contributed by atoms with E-state index in [-0.39, 0.29) is 17.0 Å². The topological polar surface area (TPSA) is 158 Å². The van der Waals surface area contributed by atoms with Crippen molar-refractivity contribution >= 4 is 59.4 Å². The molecule has 0 spiro atoms. The van der Waals surface area contributed by atoms with E-state index in [0.717, 1.165) is 10.8 Å². The van der Waals surface area contributed by atoms with Gasteiger partial charge in [0.2, 0.25) is 0 Å². The van der Waals surface area contributed by atoms with Gasteiger partial charge in [-0.15, -0.1) is 0 Å². The Morgan fingerprint density at radius 3 is 1.81 bits per heavy atom. The molecule has 7 rings (SSSR count). The quantitative estimate of drug-likeness (QED) is 0.491. The fraction of sp³-hybridized carbons (Fsp3) is 0. The van der Waals surface area contributed by atoms with Crippen LogP contribution in [0, 0.1) is 0 Å². The number of rotatable bonds is 3. The summed E-state index contributed by atoms with van der Waals surface area (Å²) < 4.78 is 72.7. The van der Waals surface area contributed by atoms with Gasteiger partial charge in [0.25, 0.3) is 20.2 Å². The first-order chi connectivity index (χ1) is 20.0. The Bertz CT molecular complexity index is 2270. The number of hydrogen-bond acceptors (Lipinski definition) is 8. The molecule has 0 aromatic heterocycles. The number of benzene rings is 2. The second kappa shape index (κ2) is 9.33. The minimum absolute atomic E-state index is 0.0119. The van der Waals surface area contributed by atoms with Crippen LogP contribution in [0.2, 0.25) is 0 Å². The van der Waals surface area contributed by atoms with Crippen molar-refractivity contribution in [2.24, 2.45) is 20.0 Å². The molecule has 12 heteroatoms. The normalized spacial score (nSPS) is 19.6. The first kappa shape index (κ1) is 26.0. The molecule has 0 saturated heterocycles. The Morgan fingerprint density at radius 1 is 0.548 bits per heavy atom. The van der Waals surface area contributed by atoms with Gasteiger partial charge in [0.15, 0.2) is 0 Å². The highest BCUT2D eigenvalue weighted by Crippen LogP contribution is 2.41. The SMILES string of the molecule is O=S(=O)(O)C1=C2N=C(C=C3C=CC(=N3)C=C3C=CC(=N3)C=C3C=CC1=N3)C(c1ccc3ccccc3c1)=C2S(=O)(=O)O. The molecule has 5 aliphatic heterocycles. The van der Waals surface area contributed by atoms with Crippen LogP contribution in [0.3, 0.4) is 0 Å². The molecular weight excluding hydrogens is 576 g/mol. The zero-order valence-electron chi connectivity index (χ0n) is 21.4. The maximum atomic E-state index is 13.0. The van der Waals surface area contributed by atoms with E-state index < -0.39 is 35.7 Å². The summed E-state index contributed by atoms with van der Waals surface area (Å²) in [6.07, 6.45) is 14.6. The third-order valence-corrected chi connectivity index (χ3v) is 8.67. The van der Waals surface area contributed by atoms with Crippen molar-refractivity contribution in [3.05, 3.63) is 135 Å². The summed E-state index contributed by atoms with van der Waals surface area (Å²) in [4.78, 5) is 16.1. The molecule has 0 radical (unpaired) electrons. The lowest BCUT2D eigenvalue weighted by Gasteiger charge is -2.10. The third-order valence-electron chi connectivity index (χ3n) is 6.84. The monoisotopic (exact) mass is 594 g/mol. The van der Waals surface area contributed by atoms with Crippen molar-refractivity contribution in [3.8, 4) is 0 Å². The molecular formula is C30H18N4O6S2. The number of nitrogens with zero attached hydrogens (tertiary/aromatic N) is 4. The minimum Gasteiger partial charge on any atom is -0.282 e. The van der Waals surface area contributed by atoms with Gasteiger partial charge in [-0.3, -0.25) is 9.11 Å². The molecule has 42 heavy (non-hydrogen) atoms. The fourth-order valence-corrected chi connectivity index (χ4v) is 6.82. The number of hydrogen-bond donors (Lipinski definition) is 2. The lowest BCUT2D eigenvalue weighted by Crippen LogP contribution is -2.15. The van der Waals surface area contributed by atoms with Crippen LogP contribution in [-0.4, -0.2) is 48.8 Å². The first-order valence-corrected chi connectivity index (χ1v) is 15.4. The van der Waals surface area contributed by atoms with Crippen LogP contribution in [0.4, 0.5) is 0 Å². The lowest BCUT2D eigenvalue weighted by atomic mass is 9.97. The minimum atomic E-state index is -5.13. The van der Waals surface area contributed by atoms with Crippen molar-refractivity contribution in [1.29, 1.82) is 0 Å². The van der Waals surface area contributed by atoms with E-state index in [4.69, 9.17) is 0 Å². The van der Waals surface area contributed by atoms with Crippen molar-refractivity contribution < 1.29 is 25.9 Å². The van der Waals surface area contributed by atoms with Gasteiger partial charge >= 0.3 is 0 Å². The highest BCUT2D eigenvalue weighted by molar-refractivity contribution is 7.92. The Kier molecular flexibility index (Phi) is 5.78. The smallest absolute Gasteiger partial charge is 0.282 e. The molecule has 0 atom stereocenters. The van der Waals surface area contributed by atoms with Gasteiger partial charge in [-0.05, 0) is 77.1 Å². The lowest BCUT2D eigenvalue weighted by molar-refractivity contribution is 0.492. The van der Waals surface area contributed by atoms with Gasteiger partial charge in [0, 0.05) is 5.57 Å². The molecule has 0 unspecified atom stereocenters. The first-order valence-electron chi connectivity index (χ1n) is 12.5. The standard InChI is InChI=1S/C30H18N4O6S2/c35-41(36,37)29-25-12-11-23(33-25)15-22-8-7-20(31-22)14-21-9-10-24(32-21)16-26-27(30(28(29)34-26)42(38,39)40)19-6-5-17-3-1-2-4-18(17)13-19/h1-16H,(H,35,36,37)(H,38,39,40). The van der Waals surface area contributed by atoms with Crippen LogP contribution in [0.5, 0.6) is 0 Å². The number of fused-ring (bicyclic) bond motifs is 5. The summed E-state index contributed by atoms with van der Waals surface area (Å²) in [6.45, 7) is 0. The summed E-state index contributed by atoms with van der Waals surface area (Å²) in [5.74, 6) is 0. The van der Waals surface area contributed by atoms with Gasteiger partial charge in [0.1, 0.15) is 15.5 Å². The summed E-state index contributed by atoms with van der Waals surface area (Å²) >= 11 is 0. The molecule has 8 bridgehead atoms. The van der Waals surface area contributed by atoms with E-state index in [9.17, 15) is 25.9 Å². The van der Waals surface area contributed by atoms with E-state index in [2.05, 4.69) is 20.0 Å². The average Bonchev–Trinajstić information content (AvgIpc) is 3.72. The van der Waals surface area contributed by atoms with Gasteiger partial charge in [0.05, 0.1) is 39.9 Å². The zero-order valence-corrected chi connectivity index (χ0v) is 23.0. The predicted octanol–water partition coefficient (Wildman–Crippen LogP) is 4.69. The molecule has 0 aliphatic carbocycles. The predicted molar refractivity (Wildman–Crippen MR) is 162 cm³/mol. The van der Waals surface area contributed by atoms with Gasteiger partial charge in [-0.1, -0.05) is 36.4 Å². The Balaban J connectivity index is 1.59. The highest BCUT2D eigenvalue weighted by Gasteiger charge is 2.39. The molecule has 2 aromatic carbocycles. The molecule has 10 nitrogen and oxygen atoms in total. The molecule has 0 fully saturated rings. The van der Waals surface area contributed by atoms with Crippen LogP contribution in [0.15, 0.2) is 150 Å². The Hall–Kier alpha value is -4.88. The van der Waals surface area contributed by atoms with E-state index in [1.54, 1.807) is 54.7 Å².